The van der Waals surface area contributed by atoms with Gasteiger partial charge in [-0.25, -0.2) is 13.2 Å². The zero-order valence-corrected chi connectivity index (χ0v) is 18.9. The van der Waals surface area contributed by atoms with Crippen molar-refractivity contribution >= 4 is 34.1 Å². The fraction of sp³-hybridized carbons (Fsp3) is 0.333. The van der Waals surface area contributed by atoms with Gasteiger partial charge in [-0.05, 0) is 43.5 Å². The summed E-state index contributed by atoms with van der Waals surface area (Å²) in [6.07, 6.45) is 3.20. The molecule has 2 aromatic heterocycles. The summed E-state index contributed by atoms with van der Waals surface area (Å²) in [5.41, 5.74) is 12.8. The molecule has 2 aliphatic carbocycles. The molecule has 0 aliphatic heterocycles. The lowest BCUT2D eigenvalue weighted by Gasteiger charge is -2.22. The smallest absolute Gasteiger partial charge is 0.255 e. The number of carbonyl (C=O) groups excluding carboxylic acids is 1. The molecule has 2 atom stereocenters. The highest BCUT2D eigenvalue weighted by atomic mass is 19.1. The summed E-state index contributed by atoms with van der Waals surface area (Å²) >= 11 is 0. The molecule has 5 N–H and O–H groups in total. The molecule has 2 aliphatic rings. The molecular weight excluding hydrogens is 459 g/mol. The predicted molar refractivity (Wildman–Crippen MR) is 126 cm³/mol. The molecule has 0 spiro atoms. The molecular formula is C24H24F3N7O. The number of fused-ring (bicyclic) bond motifs is 1. The second kappa shape index (κ2) is 8.71. The van der Waals surface area contributed by atoms with Crippen LogP contribution in [-0.4, -0.2) is 31.8 Å². The van der Waals surface area contributed by atoms with Crippen molar-refractivity contribution in [2.75, 3.05) is 16.8 Å². The maximum atomic E-state index is 15.0. The van der Waals surface area contributed by atoms with Crippen LogP contribution < -0.4 is 16.8 Å². The molecule has 182 valence electrons. The first kappa shape index (κ1) is 22.9. The number of halogens is 3. The van der Waals surface area contributed by atoms with Crippen LogP contribution in [-0.2, 0) is 11.2 Å². The number of anilines is 3. The van der Waals surface area contributed by atoms with Gasteiger partial charge < -0.3 is 16.8 Å². The first-order valence-electron chi connectivity index (χ1n) is 11.4. The third-order valence-electron chi connectivity index (χ3n) is 6.39. The molecule has 11 heteroatoms. The number of amides is 1. The standard InChI is InChI=1S/C24H24F3N7O/c1-2-11-5-7-16(26)14(19(11)27)10-17-15-9-13(25)6-8-18(15)34(33-17)24-31-21(28)20(22(29)32-24)30-23(35)12-3-4-12/h5-9,11-12,19H,2-4,10H2,1H3,(H,30,35)(H4,28,29,31,32). The summed E-state index contributed by atoms with van der Waals surface area (Å²) in [5, 5.41) is 7.47. The average molecular weight is 483 g/mol. The number of hydrogen-bond acceptors (Lipinski definition) is 6. The highest BCUT2D eigenvalue weighted by molar-refractivity contribution is 5.99. The van der Waals surface area contributed by atoms with Crippen LogP contribution in [0.3, 0.4) is 0 Å². The summed E-state index contributed by atoms with van der Waals surface area (Å²) in [7, 11) is 0. The highest BCUT2D eigenvalue weighted by Gasteiger charge is 2.31. The van der Waals surface area contributed by atoms with Gasteiger partial charge in [0.15, 0.2) is 11.6 Å². The Labute approximate surface area is 198 Å². The Bertz CT molecular complexity index is 1370. The average Bonchev–Trinajstić information content (AvgIpc) is 3.61. The quantitative estimate of drug-likeness (QED) is 0.483. The zero-order valence-electron chi connectivity index (χ0n) is 18.9. The summed E-state index contributed by atoms with van der Waals surface area (Å²) < 4.78 is 45.0. The first-order chi connectivity index (χ1) is 16.8. The summed E-state index contributed by atoms with van der Waals surface area (Å²) in [6, 6.07) is 3.94. The van der Waals surface area contributed by atoms with Gasteiger partial charge in [-0.1, -0.05) is 13.0 Å². The molecule has 2 unspecified atom stereocenters. The van der Waals surface area contributed by atoms with Gasteiger partial charge in [0.25, 0.3) is 5.95 Å². The minimum absolute atomic E-state index is 0.0199. The Morgan fingerprint density at radius 3 is 2.57 bits per heavy atom. The lowest BCUT2D eigenvalue weighted by molar-refractivity contribution is -0.117. The van der Waals surface area contributed by atoms with Crippen LogP contribution in [0.5, 0.6) is 0 Å². The number of carbonyl (C=O) groups is 1. The number of allylic oxidation sites excluding steroid dienone is 4. The largest absolute Gasteiger partial charge is 0.382 e. The second-order valence-corrected chi connectivity index (χ2v) is 8.84. The number of alkyl halides is 1. The molecule has 35 heavy (non-hydrogen) atoms. The van der Waals surface area contributed by atoms with Gasteiger partial charge in [-0.2, -0.15) is 19.7 Å². The molecule has 1 aromatic carbocycles. The Kier molecular flexibility index (Phi) is 5.70. The molecule has 0 bridgehead atoms. The number of rotatable bonds is 6. The summed E-state index contributed by atoms with van der Waals surface area (Å²) in [5.74, 6) is -2.06. The fourth-order valence-corrected chi connectivity index (χ4v) is 4.22. The monoisotopic (exact) mass is 483 g/mol. The molecule has 5 rings (SSSR count). The molecule has 3 aromatic rings. The van der Waals surface area contributed by atoms with E-state index in [9.17, 15) is 13.6 Å². The summed E-state index contributed by atoms with van der Waals surface area (Å²) in [4.78, 5) is 20.6. The number of nitrogens with one attached hydrogen (secondary N) is 1. The Hall–Kier alpha value is -3.89. The number of aromatic nitrogens is 4. The van der Waals surface area contributed by atoms with Crippen LogP contribution in [0, 0.1) is 17.7 Å². The molecule has 1 saturated carbocycles. The topological polar surface area (TPSA) is 125 Å². The molecule has 0 radical (unpaired) electrons. The van der Waals surface area contributed by atoms with E-state index >= 15 is 4.39 Å². The molecule has 1 amide bonds. The SMILES string of the molecule is CCC1C=CC(F)=C(Cc2nn(-c3nc(N)c(NC(=O)C4CC4)c(N)n3)c3ccc(F)cc23)C1F. The predicted octanol–water partition coefficient (Wildman–Crippen LogP) is 4.17. The molecule has 8 nitrogen and oxygen atoms in total. The van der Waals surface area contributed by atoms with Crippen LogP contribution in [0.15, 0.2) is 41.8 Å². The van der Waals surface area contributed by atoms with Gasteiger partial charge in [0.1, 0.15) is 23.5 Å². The van der Waals surface area contributed by atoms with Crippen molar-refractivity contribution in [1.29, 1.82) is 0 Å². The van der Waals surface area contributed by atoms with Gasteiger partial charge >= 0.3 is 0 Å². The van der Waals surface area contributed by atoms with E-state index in [1.165, 1.54) is 35.0 Å². The number of nitrogens with zero attached hydrogens (tertiary/aromatic N) is 4. The second-order valence-electron chi connectivity index (χ2n) is 8.84. The van der Waals surface area contributed by atoms with Crippen LogP contribution in [0.25, 0.3) is 16.9 Å². The van der Waals surface area contributed by atoms with Crippen molar-refractivity contribution in [1.82, 2.24) is 19.7 Å². The van der Waals surface area contributed by atoms with Crippen LogP contribution in [0.4, 0.5) is 30.5 Å². The van der Waals surface area contributed by atoms with Crippen LogP contribution in [0.2, 0.25) is 0 Å². The van der Waals surface area contributed by atoms with E-state index in [-0.39, 0.29) is 52.8 Å². The minimum atomic E-state index is -1.52. The van der Waals surface area contributed by atoms with E-state index in [2.05, 4.69) is 20.4 Å². The lowest BCUT2D eigenvalue weighted by atomic mass is 9.87. The number of benzene rings is 1. The minimum Gasteiger partial charge on any atom is -0.382 e. The highest BCUT2D eigenvalue weighted by Crippen LogP contribution is 2.35. The van der Waals surface area contributed by atoms with Crippen molar-refractivity contribution in [3.05, 3.63) is 53.3 Å². The van der Waals surface area contributed by atoms with Gasteiger partial charge in [0, 0.05) is 29.2 Å². The maximum Gasteiger partial charge on any atom is 0.255 e. The number of hydrogen-bond donors (Lipinski definition) is 3. The number of nitrogens with two attached hydrogens (primary N) is 2. The third kappa shape index (κ3) is 4.22. The first-order valence-corrected chi connectivity index (χ1v) is 11.4. The van der Waals surface area contributed by atoms with Crippen molar-refractivity contribution < 1.29 is 18.0 Å². The van der Waals surface area contributed by atoms with Gasteiger partial charge in [-0.3, -0.25) is 4.79 Å². The van der Waals surface area contributed by atoms with Crippen molar-refractivity contribution in [2.45, 2.75) is 38.8 Å². The van der Waals surface area contributed by atoms with Crippen LogP contribution >= 0.6 is 0 Å². The van der Waals surface area contributed by atoms with Gasteiger partial charge in [0.05, 0.1) is 11.2 Å². The summed E-state index contributed by atoms with van der Waals surface area (Å²) in [6.45, 7) is 1.82. The van der Waals surface area contributed by atoms with E-state index in [0.29, 0.717) is 17.3 Å². The molecule has 1 fully saturated rings. The van der Waals surface area contributed by atoms with Crippen LogP contribution in [0.1, 0.15) is 31.9 Å². The van der Waals surface area contributed by atoms with E-state index < -0.39 is 23.7 Å². The van der Waals surface area contributed by atoms with E-state index in [1.54, 1.807) is 0 Å². The fourth-order valence-electron chi connectivity index (χ4n) is 4.22. The van der Waals surface area contributed by atoms with E-state index in [4.69, 9.17) is 11.5 Å². The zero-order chi connectivity index (χ0) is 24.9. The Morgan fingerprint density at radius 2 is 1.91 bits per heavy atom. The van der Waals surface area contributed by atoms with Gasteiger partial charge in [0.2, 0.25) is 5.91 Å². The third-order valence-corrected chi connectivity index (χ3v) is 6.39. The van der Waals surface area contributed by atoms with Gasteiger partial charge in [-0.15, -0.1) is 0 Å². The molecule has 0 saturated heterocycles. The van der Waals surface area contributed by atoms with E-state index in [0.717, 1.165) is 12.8 Å². The van der Waals surface area contributed by atoms with Crippen molar-refractivity contribution in [3.8, 4) is 5.95 Å². The lowest BCUT2D eigenvalue weighted by Crippen LogP contribution is -2.21. The Morgan fingerprint density at radius 1 is 1.20 bits per heavy atom. The Balaban J connectivity index is 1.56. The van der Waals surface area contributed by atoms with Crippen molar-refractivity contribution in [2.24, 2.45) is 11.8 Å². The maximum absolute atomic E-state index is 15.0. The van der Waals surface area contributed by atoms with E-state index in [1.807, 2.05) is 6.92 Å². The van der Waals surface area contributed by atoms with Crippen molar-refractivity contribution in [3.63, 3.8) is 0 Å². The number of nitrogen functional groups attached to an aromatic ring is 2. The normalized spacial score (nSPS) is 20.0. The molecule has 2 heterocycles.